The first-order valence-electron chi connectivity index (χ1n) is 20.3. The number of pyridine rings is 1. The molecule has 1 saturated heterocycles. The SMILES string of the molecule is C=C[C@@H]1C[C@]1(NC[C@@H]1C[C@@H]2CN1C(=O)[C@H](C(C)C)NC(=O)OCCCCCc1cc3c(cc(-c4csc(NC(C)C)n4)nc3cc1OC)O2)C(=O)NS(=O)(=O)C1CC1. The predicted molar refractivity (Wildman–Crippen MR) is 222 cm³/mol. The van der Waals surface area contributed by atoms with Gasteiger partial charge in [-0.25, -0.2) is 23.2 Å². The van der Waals surface area contributed by atoms with Gasteiger partial charge < -0.3 is 35.1 Å². The van der Waals surface area contributed by atoms with Crippen molar-refractivity contribution in [3.05, 3.63) is 41.8 Å². The number of ether oxygens (including phenoxy) is 3. The minimum Gasteiger partial charge on any atom is -0.496 e. The lowest BCUT2D eigenvalue weighted by molar-refractivity contribution is -0.135. The molecule has 7 rings (SSSR count). The molecule has 0 radical (unpaired) electrons. The summed E-state index contributed by atoms with van der Waals surface area (Å²) in [5.41, 5.74) is 1.79. The highest BCUT2D eigenvalue weighted by Crippen LogP contribution is 2.45. The summed E-state index contributed by atoms with van der Waals surface area (Å²) in [6, 6.07) is 4.71. The number of hydrogen-bond donors (Lipinski definition) is 4. The number of carbonyl (C=O) groups is 3. The topological polar surface area (TPSA) is 190 Å². The Morgan fingerprint density at radius 1 is 1.14 bits per heavy atom. The van der Waals surface area contributed by atoms with Crippen LogP contribution in [-0.4, -0.2) is 103 Å². The lowest BCUT2D eigenvalue weighted by Crippen LogP contribution is -2.56. The third-order valence-electron chi connectivity index (χ3n) is 11.4. The molecule has 3 fully saturated rings. The quantitative estimate of drug-likeness (QED) is 0.176. The molecule has 3 amide bonds. The van der Waals surface area contributed by atoms with Crippen LogP contribution in [-0.2, 0) is 30.8 Å². The van der Waals surface area contributed by atoms with E-state index in [4.69, 9.17) is 24.2 Å². The van der Waals surface area contributed by atoms with Crippen LogP contribution >= 0.6 is 11.3 Å². The molecule has 2 saturated carbocycles. The van der Waals surface area contributed by atoms with Crippen LogP contribution in [0.4, 0.5) is 9.93 Å². The number of hydrogen-bond acceptors (Lipinski definition) is 13. The van der Waals surface area contributed by atoms with E-state index in [0.717, 1.165) is 35.3 Å². The molecule has 4 aliphatic rings. The minimum atomic E-state index is -3.79. The number of benzene rings is 1. The fourth-order valence-electron chi connectivity index (χ4n) is 7.91. The molecule has 15 nitrogen and oxygen atoms in total. The Labute approximate surface area is 344 Å². The first-order valence-corrected chi connectivity index (χ1v) is 22.7. The molecule has 0 unspecified atom stereocenters. The van der Waals surface area contributed by atoms with Crippen LogP contribution in [0, 0.1) is 11.8 Å². The van der Waals surface area contributed by atoms with Crippen molar-refractivity contribution in [2.45, 2.75) is 114 Å². The first-order chi connectivity index (χ1) is 27.7. The molecule has 4 N–H and O–H groups in total. The second-order valence-corrected chi connectivity index (χ2v) is 19.3. The van der Waals surface area contributed by atoms with Crippen LogP contribution in [0.2, 0.25) is 0 Å². The minimum absolute atomic E-state index is 0.163. The molecule has 314 valence electrons. The summed E-state index contributed by atoms with van der Waals surface area (Å²) < 4.78 is 46.2. The molecule has 3 aromatic rings. The number of nitrogens with zero attached hydrogens (tertiary/aromatic N) is 3. The Kier molecular flexibility index (Phi) is 12.2. The molecule has 4 bridgehead atoms. The fraction of sp³-hybridized carbons (Fsp3) is 0.585. The van der Waals surface area contributed by atoms with Gasteiger partial charge in [0.2, 0.25) is 15.9 Å². The number of thiazole rings is 1. The average Bonchev–Trinajstić information content (AvgIpc) is 4.08. The zero-order chi connectivity index (χ0) is 41.4. The molecule has 0 spiro atoms. The number of aryl methyl sites for hydroxylation is 1. The van der Waals surface area contributed by atoms with Gasteiger partial charge in [0, 0.05) is 53.9 Å². The van der Waals surface area contributed by atoms with Crippen LogP contribution in [0.25, 0.3) is 22.3 Å². The molecular weight excluding hydrogens is 783 g/mol. The lowest BCUT2D eigenvalue weighted by atomic mass is 10.0. The number of nitrogens with one attached hydrogen (secondary N) is 4. The maximum absolute atomic E-state index is 14.5. The van der Waals surface area contributed by atoms with E-state index in [9.17, 15) is 22.8 Å². The van der Waals surface area contributed by atoms with Crippen molar-refractivity contribution in [1.29, 1.82) is 0 Å². The van der Waals surface area contributed by atoms with Gasteiger partial charge in [-0.2, -0.15) is 0 Å². The first kappa shape index (κ1) is 41.7. The summed E-state index contributed by atoms with van der Waals surface area (Å²) in [5, 5.41) is 12.5. The number of fused-ring (bicyclic) bond motifs is 3. The van der Waals surface area contributed by atoms with E-state index < -0.39 is 51.0 Å². The maximum atomic E-state index is 14.5. The zero-order valence-corrected chi connectivity index (χ0v) is 35.5. The molecule has 4 heterocycles. The normalized spacial score (nSPS) is 25.5. The molecular formula is C41H55N7O8S2. The van der Waals surface area contributed by atoms with Crippen molar-refractivity contribution < 1.29 is 37.0 Å². The molecule has 58 heavy (non-hydrogen) atoms. The van der Waals surface area contributed by atoms with Crippen molar-refractivity contribution >= 4 is 55.3 Å². The zero-order valence-electron chi connectivity index (χ0n) is 33.8. The number of carbonyl (C=O) groups excluding carboxylic acids is 3. The number of methoxy groups -OCH3 is 1. The van der Waals surface area contributed by atoms with Gasteiger partial charge in [0.25, 0.3) is 5.91 Å². The van der Waals surface area contributed by atoms with Crippen LogP contribution in [0.3, 0.4) is 0 Å². The number of aromatic nitrogens is 2. The van der Waals surface area contributed by atoms with E-state index in [1.165, 1.54) is 11.3 Å². The van der Waals surface area contributed by atoms with Crippen LogP contribution in [0.15, 0.2) is 36.2 Å². The summed E-state index contributed by atoms with van der Waals surface area (Å²) in [4.78, 5) is 52.7. The second kappa shape index (κ2) is 17.0. The number of anilines is 1. The lowest BCUT2D eigenvalue weighted by Gasteiger charge is -2.31. The van der Waals surface area contributed by atoms with Gasteiger partial charge in [0.05, 0.1) is 36.7 Å². The van der Waals surface area contributed by atoms with E-state index in [-0.39, 0.29) is 43.5 Å². The van der Waals surface area contributed by atoms with Gasteiger partial charge in [-0.05, 0) is 76.3 Å². The molecule has 2 aliphatic carbocycles. The monoisotopic (exact) mass is 837 g/mol. The van der Waals surface area contributed by atoms with Crippen molar-refractivity contribution in [1.82, 2.24) is 30.2 Å². The number of sulfonamides is 1. The molecule has 2 aliphatic heterocycles. The Hall–Kier alpha value is -4.48. The summed E-state index contributed by atoms with van der Waals surface area (Å²) in [7, 11) is -2.15. The summed E-state index contributed by atoms with van der Waals surface area (Å²) in [5.74, 6) is -0.206. The standard InChI is InChI=1S/C41H55N7O8S2/c1-7-26-19-41(26,38(50)47-58(52,53)29-12-13-29)42-20-27-16-28-21-48(27)37(49)36(23(2)3)46-40(51)55-14-10-8-9-11-25-15-30-31(17-34(25)54-6)44-32(18-35(30)56-28)33-22-57-39(45-33)43-24(4)5/h7,15,17-18,22-24,26-29,36,42H,1,8-14,16,19-21H2,2-6H3,(H,43,45)(H,46,51)(H,47,50)/t26-,27+,28-,36+,41-/m1/s1. The van der Waals surface area contributed by atoms with Crippen LogP contribution < -0.4 is 30.1 Å². The predicted octanol–water partition coefficient (Wildman–Crippen LogP) is 5.16. The van der Waals surface area contributed by atoms with E-state index >= 15 is 0 Å². The van der Waals surface area contributed by atoms with Crippen molar-refractivity contribution in [2.24, 2.45) is 11.8 Å². The number of amides is 3. The highest BCUT2D eigenvalue weighted by molar-refractivity contribution is 7.91. The van der Waals surface area contributed by atoms with Crippen molar-refractivity contribution in [3.63, 3.8) is 0 Å². The van der Waals surface area contributed by atoms with Crippen LogP contribution in [0.1, 0.15) is 78.2 Å². The summed E-state index contributed by atoms with van der Waals surface area (Å²) in [6.07, 6.45) is 5.30. The van der Waals surface area contributed by atoms with Gasteiger partial charge >= 0.3 is 6.09 Å². The van der Waals surface area contributed by atoms with Gasteiger partial charge in [0.1, 0.15) is 34.9 Å². The number of cyclic esters (lactones) is 1. The van der Waals surface area contributed by atoms with E-state index in [2.05, 4.69) is 47.2 Å². The second-order valence-electron chi connectivity index (χ2n) is 16.5. The van der Waals surface area contributed by atoms with Gasteiger partial charge in [-0.15, -0.1) is 17.9 Å². The Morgan fingerprint density at radius 3 is 2.62 bits per heavy atom. The summed E-state index contributed by atoms with van der Waals surface area (Å²) >= 11 is 1.49. The van der Waals surface area contributed by atoms with E-state index in [1.54, 1.807) is 18.1 Å². The molecule has 2 aromatic heterocycles. The highest BCUT2D eigenvalue weighted by Gasteiger charge is 2.60. The molecule has 5 atom stereocenters. The average molecular weight is 838 g/mol. The highest BCUT2D eigenvalue weighted by atomic mass is 32.2. The third-order valence-corrected chi connectivity index (χ3v) is 14.0. The van der Waals surface area contributed by atoms with Gasteiger partial charge in [0.15, 0.2) is 5.13 Å². The largest absolute Gasteiger partial charge is 0.496 e. The van der Waals surface area contributed by atoms with Gasteiger partial charge in [-0.1, -0.05) is 19.9 Å². The van der Waals surface area contributed by atoms with E-state index in [1.807, 2.05) is 31.4 Å². The van der Waals surface area contributed by atoms with Gasteiger partial charge in [-0.3, -0.25) is 14.3 Å². The smallest absolute Gasteiger partial charge is 0.407 e. The summed E-state index contributed by atoms with van der Waals surface area (Å²) in [6.45, 7) is 12.3. The fourth-order valence-corrected chi connectivity index (χ4v) is 10.1. The van der Waals surface area contributed by atoms with Crippen LogP contribution in [0.5, 0.6) is 11.5 Å². The molecule has 17 heteroatoms. The number of rotatable bonds is 12. The Bertz CT molecular complexity index is 2160. The van der Waals surface area contributed by atoms with E-state index in [0.29, 0.717) is 60.5 Å². The third kappa shape index (κ3) is 9.05. The Morgan fingerprint density at radius 2 is 1.93 bits per heavy atom. The van der Waals surface area contributed by atoms with Crippen molar-refractivity contribution in [3.8, 4) is 22.9 Å². The van der Waals surface area contributed by atoms with Crippen molar-refractivity contribution in [2.75, 3.05) is 32.1 Å². The molecule has 1 aromatic carbocycles. The number of alkyl carbamates (subject to hydrolysis) is 1. The Balaban J connectivity index is 1.24. The maximum Gasteiger partial charge on any atom is 0.407 e.